The van der Waals surface area contributed by atoms with Crippen molar-refractivity contribution in [1.82, 2.24) is 20.2 Å². The molecule has 1 fully saturated rings. The van der Waals surface area contributed by atoms with Crippen LogP contribution in [0, 0.1) is 0 Å². The van der Waals surface area contributed by atoms with Crippen molar-refractivity contribution in [2.75, 3.05) is 18.6 Å². The van der Waals surface area contributed by atoms with E-state index < -0.39 is 11.9 Å². The topological polar surface area (TPSA) is 66.9 Å². The average Bonchev–Trinajstić information content (AvgIpc) is 3.15. The molecule has 1 aliphatic rings. The number of nitrogens with one attached hydrogen (secondary N) is 1. The molecule has 2 atom stereocenters. The second-order valence-electron chi connectivity index (χ2n) is 5.03. The van der Waals surface area contributed by atoms with Gasteiger partial charge in [-0.05, 0) is 12.1 Å². The van der Waals surface area contributed by atoms with Crippen molar-refractivity contribution in [3.8, 4) is 0 Å². The number of hydrogen-bond donors (Lipinski definition) is 1. The lowest BCUT2D eigenvalue weighted by atomic mass is 10.2. The fraction of sp³-hybridized carbons (Fsp3) is 0.462. The largest absolute Gasteiger partial charge is 0.433 e. The molecular weight excluding hydrogens is 299 g/mol. The summed E-state index contributed by atoms with van der Waals surface area (Å²) in [5.41, 5.74) is -0.481. The Morgan fingerprint density at radius 3 is 2.82 bits per heavy atom. The van der Waals surface area contributed by atoms with Gasteiger partial charge in [-0.2, -0.15) is 18.3 Å². The first kappa shape index (κ1) is 14.8. The van der Waals surface area contributed by atoms with E-state index >= 15 is 0 Å². The summed E-state index contributed by atoms with van der Waals surface area (Å²) in [7, 11) is 1.58. The van der Waals surface area contributed by atoms with Crippen LogP contribution in [0.5, 0.6) is 0 Å². The summed E-state index contributed by atoms with van der Waals surface area (Å²) in [5.74, 6) is 0.602. The Morgan fingerprint density at radius 2 is 2.18 bits per heavy atom. The van der Waals surface area contributed by atoms with Crippen molar-refractivity contribution < 1.29 is 17.9 Å². The number of H-pyrrole nitrogens is 1. The molecule has 22 heavy (non-hydrogen) atoms. The molecule has 2 aromatic heterocycles. The van der Waals surface area contributed by atoms with Gasteiger partial charge in [-0.3, -0.25) is 10.1 Å². The van der Waals surface area contributed by atoms with E-state index in [2.05, 4.69) is 20.2 Å². The summed E-state index contributed by atoms with van der Waals surface area (Å²) in [4.78, 5) is 9.33. The van der Waals surface area contributed by atoms with Gasteiger partial charge >= 0.3 is 6.18 Å². The van der Waals surface area contributed by atoms with Crippen LogP contribution in [0.25, 0.3) is 0 Å². The molecule has 0 aromatic carbocycles. The van der Waals surface area contributed by atoms with E-state index in [9.17, 15) is 13.2 Å². The lowest BCUT2D eigenvalue weighted by molar-refractivity contribution is -0.141. The van der Waals surface area contributed by atoms with Crippen molar-refractivity contribution in [3.63, 3.8) is 0 Å². The number of halogens is 3. The van der Waals surface area contributed by atoms with Gasteiger partial charge in [0.15, 0.2) is 0 Å². The summed E-state index contributed by atoms with van der Waals surface area (Å²) in [6.45, 7) is 0.475. The van der Waals surface area contributed by atoms with Crippen molar-refractivity contribution in [2.24, 2.45) is 0 Å². The van der Waals surface area contributed by atoms with Crippen molar-refractivity contribution in [1.29, 1.82) is 0 Å². The number of alkyl halides is 3. The Hall–Kier alpha value is -2.16. The minimum atomic E-state index is -4.47. The van der Waals surface area contributed by atoms with Gasteiger partial charge in [0.25, 0.3) is 0 Å². The molecule has 6 nitrogen and oxygen atoms in total. The maximum Gasteiger partial charge on any atom is 0.433 e. The maximum absolute atomic E-state index is 12.8. The van der Waals surface area contributed by atoms with Gasteiger partial charge in [-0.25, -0.2) is 4.98 Å². The highest BCUT2D eigenvalue weighted by atomic mass is 19.4. The molecule has 3 heterocycles. The number of nitrogens with zero attached hydrogens (tertiary/aromatic N) is 4. The second-order valence-corrected chi connectivity index (χ2v) is 5.03. The van der Waals surface area contributed by atoms with E-state index in [0.717, 1.165) is 12.3 Å². The zero-order valence-corrected chi connectivity index (χ0v) is 11.7. The predicted octanol–water partition coefficient (Wildman–Crippen LogP) is 2.18. The molecule has 0 aliphatic carbocycles. The fourth-order valence-electron chi connectivity index (χ4n) is 2.64. The number of hydrogen-bond acceptors (Lipinski definition) is 5. The molecule has 2 aromatic rings. The summed E-state index contributed by atoms with van der Waals surface area (Å²) < 4.78 is 43.8. The Morgan fingerprint density at radius 1 is 1.36 bits per heavy atom. The van der Waals surface area contributed by atoms with E-state index in [1.54, 1.807) is 13.2 Å². The lowest BCUT2D eigenvalue weighted by Crippen LogP contribution is -2.26. The predicted molar refractivity (Wildman–Crippen MR) is 71.1 cm³/mol. The molecule has 0 radical (unpaired) electrons. The van der Waals surface area contributed by atoms with Crippen molar-refractivity contribution in [2.45, 2.75) is 24.7 Å². The van der Waals surface area contributed by atoms with Gasteiger partial charge in [-0.1, -0.05) is 0 Å². The Bertz CT molecular complexity index is 631. The molecule has 0 unspecified atom stereocenters. The highest BCUT2D eigenvalue weighted by Gasteiger charge is 2.37. The molecule has 1 saturated heterocycles. The first-order chi connectivity index (χ1) is 10.5. The quantitative estimate of drug-likeness (QED) is 0.941. The van der Waals surface area contributed by atoms with E-state index in [-0.39, 0.29) is 12.1 Å². The molecule has 0 spiro atoms. The first-order valence-electron chi connectivity index (χ1n) is 6.67. The normalized spacial score (nSPS) is 22.3. The molecule has 0 amide bonds. The highest BCUT2D eigenvalue weighted by Crippen LogP contribution is 2.37. The van der Waals surface area contributed by atoms with Crippen LogP contribution in [0.2, 0.25) is 0 Å². The molecule has 1 aliphatic heterocycles. The summed E-state index contributed by atoms with van der Waals surface area (Å²) in [5, 5.41) is 6.58. The van der Waals surface area contributed by atoms with Gasteiger partial charge in [0, 0.05) is 32.0 Å². The van der Waals surface area contributed by atoms with Crippen LogP contribution >= 0.6 is 0 Å². The van der Waals surface area contributed by atoms with E-state index in [1.165, 1.54) is 6.33 Å². The van der Waals surface area contributed by atoms with Crippen LogP contribution in [-0.2, 0) is 10.9 Å². The lowest BCUT2D eigenvalue weighted by Gasteiger charge is -2.25. The van der Waals surface area contributed by atoms with E-state index in [4.69, 9.17) is 4.74 Å². The Balaban J connectivity index is 1.94. The fourth-order valence-corrected chi connectivity index (χ4v) is 2.64. The van der Waals surface area contributed by atoms with Gasteiger partial charge in [0.05, 0.1) is 12.1 Å². The molecule has 9 heteroatoms. The Kier molecular flexibility index (Phi) is 3.73. The number of aromatic amines is 1. The number of aromatic nitrogens is 4. The van der Waals surface area contributed by atoms with Crippen LogP contribution in [0.4, 0.5) is 18.9 Å². The molecular formula is C13H14F3N5O. The van der Waals surface area contributed by atoms with Crippen molar-refractivity contribution in [3.05, 3.63) is 36.2 Å². The monoisotopic (exact) mass is 313 g/mol. The van der Waals surface area contributed by atoms with E-state index in [0.29, 0.717) is 24.5 Å². The van der Waals surface area contributed by atoms with Gasteiger partial charge in [0.2, 0.25) is 0 Å². The SMILES string of the molecule is CO[C@@H]1C[C@@H](c2ncn[nH]2)N(c2ccnc(C(F)(F)F)c2)C1. The van der Waals surface area contributed by atoms with Gasteiger partial charge in [0.1, 0.15) is 17.8 Å². The van der Waals surface area contributed by atoms with Crippen LogP contribution in [0.3, 0.4) is 0 Å². The van der Waals surface area contributed by atoms with Gasteiger partial charge in [-0.15, -0.1) is 0 Å². The summed E-state index contributed by atoms with van der Waals surface area (Å²) in [6, 6.07) is 2.38. The Labute approximate surface area is 124 Å². The molecule has 118 valence electrons. The third kappa shape index (κ3) is 2.76. The van der Waals surface area contributed by atoms with Crippen LogP contribution in [0.1, 0.15) is 24.0 Å². The highest BCUT2D eigenvalue weighted by molar-refractivity contribution is 5.50. The smallest absolute Gasteiger partial charge is 0.380 e. The summed E-state index contributed by atoms with van der Waals surface area (Å²) in [6.07, 6.45) is -1.40. The average molecular weight is 313 g/mol. The number of methoxy groups -OCH3 is 1. The number of ether oxygens (including phenoxy) is 1. The first-order valence-corrected chi connectivity index (χ1v) is 6.67. The van der Waals surface area contributed by atoms with Gasteiger partial charge < -0.3 is 9.64 Å². The third-order valence-corrected chi connectivity index (χ3v) is 3.71. The van der Waals surface area contributed by atoms with Crippen LogP contribution in [-0.4, -0.2) is 39.9 Å². The maximum atomic E-state index is 12.8. The zero-order valence-electron chi connectivity index (χ0n) is 11.7. The minimum Gasteiger partial charge on any atom is -0.380 e. The molecule has 3 rings (SSSR count). The molecule has 0 saturated carbocycles. The van der Waals surface area contributed by atoms with Crippen LogP contribution in [0.15, 0.2) is 24.7 Å². The molecule has 1 N–H and O–H groups in total. The summed E-state index contributed by atoms with van der Waals surface area (Å²) >= 11 is 0. The van der Waals surface area contributed by atoms with Crippen molar-refractivity contribution >= 4 is 5.69 Å². The minimum absolute atomic E-state index is 0.0856. The third-order valence-electron chi connectivity index (χ3n) is 3.71. The number of rotatable bonds is 3. The standard InChI is InChI=1S/C13H14F3N5O/c1-22-9-5-10(12-18-7-19-20-12)21(6-9)8-2-3-17-11(4-8)13(14,15)16/h2-4,7,9-10H,5-6H2,1H3,(H,18,19,20)/t9-,10+/m1/s1. The second kappa shape index (κ2) is 5.56. The molecule has 0 bridgehead atoms. The number of anilines is 1. The number of pyridine rings is 1. The van der Waals surface area contributed by atoms with E-state index in [1.807, 2.05) is 4.90 Å². The zero-order chi connectivity index (χ0) is 15.7. The van der Waals surface area contributed by atoms with Crippen LogP contribution < -0.4 is 4.90 Å².